The first-order valence-electron chi connectivity index (χ1n) is 4.64. The van der Waals surface area contributed by atoms with Crippen molar-refractivity contribution in [3.8, 4) is 0 Å². The highest BCUT2D eigenvalue weighted by atomic mass is 127. The second-order valence-corrected chi connectivity index (χ2v) is 4.97. The van der Waals surface area contributed by atoms with Crippen LogP contribution in [0.5, 0.6) is 0 Å². The molecule has 0 aliphatic rings. The average molecular weight is 305 g/mol. The SMILES string of the molecule is Cc1c(I)cccc1[C@@](C)(N)CCO. The van der Waals surface area contributed by atoms with Gasteiger partial charge in [-0.25, -0.2) is 0 Å². The third kappa shape index (κ3) is 2.46. The minimum Gasteiger partial charge on any atom is -0.396 e. The molecule has 0 heterocycles. The van der Waals surface area contributed by atoms with Gasteiger partial charge in [0.25, 0.3) is 0 Å². The zero-order valence-corrected chi connectivity index (χ0v) is 10.7. The highest BCUT2D eigenvalue weighted by Crippen LogP contribution is 2.27. The summed E-state index contributed by atoms with van der Waals surface area (Å²) in [4.78, 5) is 0. The van der Waals surface area contributed by atoms with E-state index in [2.05, 4.69) is 35.6 Å². The van der Waals surface area contributed by atoms with Gasteiger partial charge < -0.3 is 10.8 Å². The van der Waals surface area contributed by atoms with Crippen molar-refractivity contribution < 1.29 is 5.11 Å². The van der Waals surface area contributed by atoms with Gasteiger partial charge in [-0.1, -0.05) is 12.1 Å². The van der Waals surface area contributed by atoms with E-state index in [4.69, 9.17) is 10.8 Å². The molecule has 78 valence electrons. The van der Waals surface area contributed by atoms with Gasteiger partial charge in [-0.3, -0.25) is 0 Å². The summed E-state index contributed by atoms with van der Waals surface area (Å²) in [7, 11) is 0. The molecule has 14 heavy (non-hydrogen) atoms. The van der Waals surface area contributed by atoms with Crippen LogP contribution in [0.2, 0.25) is 0 Å². The monoisotopic (exact) mass is 305 g/mol. The Bertz CT molecular complexity index is 323. The number of nitrogens with two attached hydrogens (primary N) is 1. The van der Waals surface area contributed by atoms with Gasteiger partial charge in [0.15, 0.2) is 0 Å². The van der Waals surface area contributed by atoms with Crippen molar-refractivity contribution in [1.29, 1.82) is 0 Å². The Morgan fingerprint density at radius 1 is 1.50 bits per heavy atom. The topological polar surface area (TPSA) is 46.2 Å². The molecule has 0 aliphatic carbocycles. The maximum absolute atomic E-state index is 8.94. The van der Waals surface area contributed by atoms with Crippen LogP contribution in [0.15, 0.2) is 18.2 Å². The quantitative estimate of drug-likeness (QED) is 0.841. The fourth-order valence-corrected chi connectivity index (χ4v) is 2.09. The normalized spacial score (nSPS) is 15.2. The largest absolute Gasteiger partial charge is 0.396 e. The van der Waals surface area contributed by atoms with Crippen LogP contribution in [0, 0.1) is 10.5 Å². The summed E-state index contributed by atoms with van der Waals surface area (Å²) in [5.41, 5.74) is 8.06. The summed E-state index contributed by atoms with van der Waals surface area (Å²) in [6.07, 6.45) is 0.591. The molecule has 0 amide bonds. The van der Waals surface area contributed by atoms with Crippen LogP contribution < -0.4 is 5.73 Å². The molecule has 1 rings (SSSR count). The number of aliphatic hydroxyl groups is 1. The number of aliphatic hydroxyl groups excluding tert-OH is 1. The van der Waals surface area contributed by atoms with Crippen LogP contribution in [0.4, 0.5) is 0 Å². The van der Waals surface area contributed by atoms with E-state index in [9.17, 15) is 0 Å². The summed E-state index contributed by atoms with van der Waals surface area (Å²) in [6, 6.07) is 6.11. The van der Waals surface area contributed by atoms with E-state index >= 15 is 0 Å². The molecule has 0 fully saturated rings. The van der Waals surface area contributed by atoms with Gasteiger partial charge in [0.05, 0.1) is 0 Å². The first kappa shape index (κ1) is 11.9. The summed E-state index contributed by atoms with van der Waals surface area (Å²) < 4.78 is 1.22. The lowest BCUT2D eigenvalue weighted by Crippen LogP contribution is -2.35. The van der Waals surface area contributed by atoms with Crippen molar-refractivity contribution in [2.24, 2.45) is 5.73 Å². The van der Waals surface area contributed by atoms with Crippen molar-refractivity contribution in [1.82, 2.24) is 0 Å². The second-order valence-electron chi connectivity index (χ2n) is 3.80. The van der Waals surface area contributed by atoms with Crippen LogP contribution in [0.3, 0.4) is 0 Å². The third-order valence-electron chi connectivity index (χ3n) is 2.51. The summed E-state index contributed by atoms with van der Waals surface area (Å²) in [5.74, 6) is 0. The molecular weight excluding hydrogens is 289 g/mol. The lowest BCUT2D eigenvalue weighted by Gasteiger charge is -2.26. The smallest absolute Gasteiger partial charge is 0.0451 e. The molecule has 2 nitrogen and oxygen atoms in total. The van der Waals surface area contributed by atoms with Gasteiger partial charge in [-0.05, 0) is 60.1 Å². The zero-order chi connectivity index (χ0) is 10.8. The minimum atomic E-state index is -0.431. The van der Waals surface area contributed by atoms with Crippen LogP contribution in [0.25, 0.3) is 0 Å². The standard InChI is InChI=1S/C11H16INO/c1-8-9(4-3-5-10(8)12)11(2,13)6-7-14/h3-5,14H,6-7,13H2,1-2H3/t11-/m0/s1. The molecular formula is C11H16INO. The van der Waals surface area contributed by atoms with E-state index in [-0.39, 0.29) is 6.61 Å². The average Bonchev–Trinajstić information content (AvgIpc) is 2.09. The molecule has 0 unspecified atom stereocenters. The van der Waals surface area contributed by atoms with Gasteiger partial charge >= 0.3 is 0 Å². The maximum Gasteiger partial charge on any atom is 0.0451 e. The molecule has 0 saturated carbocycles. The fraction of sp³-hybridized carbons (Fsp3) is 0.455. The Hall–Kier alpha value is -0.130. The Morgan fingerprint density at radius 3 is 2.71 bits per heavy atom. The van der Waals surface area contributed by atoms with E-state index in [0.717, 1.165) is 5.56 Å². The van der Waals surface area contributed by atoms with E-state index in [0.29, 0.717) is 6.42 Å². The van der Waals surface area contributed by atoms with Crippen LogP contribution in [-0.2, 0) is 5.54 Å². The predicted octanol–water partition coefficient (Wildman–Crippen LogP) is 2.16. The molecule has 3 N–H and O–H groups in total. The van der Waals surface area contributed by atoms with Crippen molar-refractivity contribution in [3.63, 3.8) is 0 Å². The Labute approximate surface area is 98.7 Å². The Balaban J connectivity index is 3.12. The first-order valence-corrected chi connectivity index (χ1v) is 5.72. The van der Waals surface area contributed by atoms with Gasteiger partial charge in [0.1, 0.15) is 0 Å². The summed E-state index contributed by atoms with van der Waals surface area (Å²) >= 11 is 2.30. The summed E-state index contributed by atoms with van der Waals surface area (Å²) in [5, 5.41) is 8.94. The second kappa shape index (κ2) is 4.59. The number of benzene rings is 1. The Kier molecular flexibility index (Phi) is 3.92. The van der Waals surface area contributed by atoms with Crippen LogP contribution >= 0.6 is 22.6 Å². The molecule has 1 aromatic carbocycles. The van der Waals surface area contributed by atoms with E-state index in [1.54, 1.807) is 0 Å². The molecule has 0 aliphatic heterocycles. The Morgan fingerprint density at radius 2 is 2.14 bits per heavy atom. The van der Waals surface area contributed by atoms with Crippen molar-refractivity contribution >= 4 is 22.6 Å². The molecule has 3 heteroatoms. The lowest BCUT2D eigenvalue weighted by molar-refractivity contribution is 0.247. The van der Waals surface area contributed by atoms with E-state index < -0.39 is 5.54 Å². The number of rotatable bonds is 3. The maximum atomic E-state index is 8.94. The lowest BCUT2D eigenvalue weighted by atomic mass is 9.87. The fourth-order valence-electron chi connectivity index (χ4n) is 1.59. The van der Waals surface area contributed by atoms with Crippen LogP contribution in [0.1, 0.15) is 24.5 Å². The highest BCUT2D eigenvalue weighted by Gasteiger charge is 2.22. The summed E-state index contributed by atoms with van der Waals surface area (Å²) in [6.45, 7) is 4.15. The molecule has 0 saturated heterocycles. The van der Waals surface area contributed by atoms with Gasteiger partial charge in [-0.2, -0.15) is 0 Å². The number of hydrogen-bond acceptors (Lipinski definition) is 2. The van der Waals surface area contributed by atoms with Crippen molar-refractivity contribution in [3.05, 3.63) is 32.9 Å². The van der Waals surface area contributed by atoms with Crippen molar-refractivity contribution in [2.75, 3.05) is 6.61 Å². The number of halogens is 1. The van der Waals surface area contributed by atoms with E-state index in [1.165, 1.54) is 9.13 Å². The minimum absolute atomic E-state index is 0.123. The molecule has 0 radical (unpaired) electrons. The third-order valence-corrected chi connectivity index (χ3v) is 3.68. The number of hydrogen-bond donors (Lipinski definition) is 2. The molecule has 0 spiro atoms. The van der Waals surface area contributed by atoms with Gasteiger partial charge in [-0.15, -0.1) is 0 Å². The highest BCUT2D eigenvalue weighted by molar-refractivity contribution is 14.1. The first-order chi connectivity index (χ1) is 6.49. The van der Waals surface area contributed by atoms with Crippen molar-refractivity contribution in [2.45, 2.75) is 25.8 Å². The van der Waals surface area contributed by atoms with E-state index in [1.807, 2.05) is 19.1 Å². The molecule has 0 aromatic heterocycles. The molecule has 1 aromatic rings. The predicted molar refractivity (Wildman–Crippen MR) is 67.1 cm³/mol. The van der Waals surface area contributed by atoms with Gasteiger partial charge in [0, 0.05) is 15.7 Å². The molecule has 1 atom stereocenters. The van der Waals surface area contributed by atoms with Crippen LogP contribution in [-0.4, -0.2) is 11.7 Å². The molecule has 0 bridgehead atoms. The zero-order valence-electron chi connectivity index (χ0n) is 8.55. The van der Waals surface area contributed by atoms with Gasteiger partial charge in [0.2, 0.25) is 0 Å².